The topological polar surface area (TPSA) is 37.8 Å². The van der Waals surface area contributed by atoms with Gasteiger partial charge in [-0.2, -0.15) is 0 Å². The van der Waals surface area contributed by atoms with E-state index in [0.717, 1.165) is 22.5 Å². The van der Waals surface area contributed by atoms with E-state index in [-0.39, 0.29) is 0 Å². The lowest BCUT2D eigenvalue weighted by Gasteiger charge is -2.06. The van der Waals surface area contributed by atoms with Gasteiger partial charge in [0, 0.05) is 24.3 Å². The third-order valence-electron chi connectivity index (χ3n) is 2.01. The Hall–Kier alpha value is -0.910. The molecular weight excluding hydrogens is 238 g/mol. The number of nitrogens with one attached hydrogen (secondary N) is 1. The highest BCUT2D eigenvalue weighted by Crippen LogP contribution is 2.29. The van der Waals surface area contributed by atoms with E-state index in [2.05, 4.69) is 28.3 Å². The van der Waals surface area contributed by atoms with Crippen molar-refractivity contribution in [2.24, 2.45) is 0 Å². The quantitative estimate of drug-likeness (QED) is 0.886. The minimum atomic E-state index is 0.859. The van der Waals surface area contributed by atoms with Crippen LogP contribution in [0.15, 0.2) is 39.3 Å². The molecular formula is C11H13N3S2. The van der Waals surface area contributed by atoms with Crippen LogP contribution in [0.25, 0.3) is 0 Å². The van der Waals surface area contributed by atoms with E-state index >= 15 is 0 Å². The molecule has 2 rings (SSSR count). The summed E-state index contributed by atoms with van der Waals surface area (Å²) < 4.78 is 1.04. The Morgan fingerprint density at radius 1 is 1.38 bits per heavy atom. The predicted molar refractivity (Wildman–Crippen MR) is 67.9 cm³/mol. The minimum Gasteiger partial charge on any atom is -0.313 e. The fraction of sp³-hybridized carbons (Fsp3) is 0.273. The Kier molecular flexibility index (Phi) is 4.33. The van der Waals surface area contributed by atoms with Gasteiger partial charge in [0.05, 0.1) is 0 Å². The summed E-state index contributed by atoms with van der Waals surface area (Å²) in [4.78, 5) is 8.65. The molecule has 0 aliphatic rings. The van der Waals surface area contributed by atoms with Crippen molar-refractivity contribution in [3.63, 3.8) is 0 Å². The minimum absolute atomic E-state index is 0.859. The summed E-state index contributed by atoms with van der Waals surface area (Å²) in [7, 11) is 0. The molecule has 3 nitrogen and oxygen atoms in total. The molecule has 0 saturated carbocycles. The number of thiazole rings is 1. The van der Waals surface area contributed by atoms with Crippen LogP contribution in [-0.2, 0) is 6.54 Å². The highest BCUT2D eigenvalue weighted by molar-refractivity contribution is 8.01. The van der Waals surface area contributed by atoms with Gasteiger partial charge in [-0.1, -0.05) is 13.0 Å². The zero-order chi connectivity index (χ0) is 11.2. The van der Waals surface area contributed by atoms with E-state index in [9.17, 15) is 0 Å². The molecule has 0 bridgehead atoms. The second-order valence-corrected chi connectivity index (χ2v) is 5.28. The van der Waals surface area contributed by atoms with Gasteiger partial charge in [0.25, 0.3) is 0 Å². The molecule has 0 amide bonds. The zero-order valence-corrected chi connectivity index (χ0v) is 10.6. The lowest BCUT2D eigenvalue weighted by Crippen LogP contribution is -2.12. The van der Waals surface area contributed by atoms with Gasteiger partial charge in [-0.15, -0.1) is 11.3 Å². The van der Waals surface area contributed by atoms with Crippen molar-refractivity contribution >= 4 is 23.1 Å². The normalized spacial score (nSPS) is 10.6. The fourth-order valence-electron chi connectivity index (χ4n) is 1.25. The molecule has 0 aliphatic carbocycles. The molecule has 0 aliphatic heterocycles. The van der Waals surface area contributed by atoms with Crippen LogP contribution >= 0.6 is 23.1 Å². The molecule has 16 heavy (non-hydrogen) atoms. The van der Waals surface area contributed by atoms with E-state index in [1.807, 2.05) is 23.8 Å². The molecule has 5 heteroatoms. The predicted octanol–water partition coefficient (Wildman–Crippen LogP) is 2.80. The van der Waals surface area contributed by atoms with Crippen molar-refractivity contribution in [2.45, 2.75) is 22.8 Å². The van der Waals surface area contributed by atoms with Gasteiger partial charge in [-0.05, 0) is 29.9 Å². The van der Waals surface area contributed by atoms with Crippen LogP contribution in [0.3, 0.4) is 0 Å². The summed E-state index contributed by atoms with van der Waals surface area (Å²) in [5.41, 5.74) is 1.23. The Labute approximate surface area is 103 Å². The van der Waals surface area contributed by atoms with Gasteiger partial charge in [0.15, 0.2) is 4.34 Å². The summed E-state index contributed by atoms with van der Waals surface area (Å²) in [6, 6.07) is 4.07. The van der Waals surface area contributed by atoms with Crippen molar-refractivity contribution in [3.05, 3.63) is 35.5 Å². The van der Waals surface area contributed by atoms with Crippen molar-refractivity contribution in [1.82, 2.24) is 15.3 Å². The van der Waals surface area contributed by atoms with E-state index < -0.39 is 0 Å². The number of nitrogens with zero attached hydrogens (tertiary/aromatic N) is 2. The molecule has 0 spiro atoms. The monoisotopic (exact) mass is 251 g/mol. The summed E-state index contributed by atoms with van der Waals surface area (Å²) in [6.07, 6.45) is 3.64. The molecule has 0 unspecified atom stereocenters. The molecule has 84 valence electrons. The average Bonchev–Trinajstić information content (AvgIpc) is 2.81. The maximum Gasteiger partial charge on any atom is 0.156 e. The average molecular weight is 251 g/mol. The standard InChI is InChI=1S/C11H13N3S2/c1-2-12-8-9-4-3-5-13-10(9)16-11-14-6-7-15-11/h3-7,12H,2,8H2,1H3. The Balaban J connectivity index is 2.13. The van der Waals surface area contributed by atoms with Gasteiger partial charge < -0.3 is 5.32 Å². The van der Waals surface area contributed by atoms with Gasteiger partial charge >= 0.3 is 0 Å². The first-order chi connectivity index (χ1) is 7.90. The molecule has 1 N–H and O–H groups in total. The van der Waals surface area contributed by atoms with E-state index in [0.29, 0.717) is 0 Å². The largest absolute Gasteiger partial charge is 0.313 e. The molecule has 2 aromatic heterocycles. The van der Waals surface area contributed by atoms with Gasteiger partial charge in [0.2, 0.25) is 0 Å². The summed E-state index contributed by atoms with van der Waals surface area (Å²) in [5, 5.41) is 6.34. The molecule has 0 atom stereocenters. The highest BCUT2D eigenvalue weighted by atomic mass is 32.2. The number of hydrogen-bond acceptors (Lipinski definition) is 5. The Morgan fingerprint density at radius 3 is 3.06 bits per heavy atom. The van der Waals surface area contributed by atoms with Crippen molar-refractivity contribution in [3.8, 4) is 0 Å². The second-order valence-electron chi connectivity index (χ2n) is 3.15. The molecule has 0 fully saturated rings. The van der Waals surface area contributed by atoms with Crippen LogP contribution in [-0.4, -0.2) is 16.5 Å². The fourth-order valence-corrected chi connectivity index (χ4v) is 2.87. The van der Waals surface area contributed by atoms with E-state index in [1.54, 1.807) is 23.1 Å². The van der Waals surface area contributed by atoms with Crippen LogP contribution < -0.4 is 5.32 Å². The summed E-state index contributed by atoms with van der Waals surface area (Å²) in [5.74, 6) is 0. The third-order valence-corrected chi connectivity index (χ3v) is 3.95. The van der Waals surface area contributed by atoms with E-state index in [1.165, 1.54) is 5.56 Å². The number of rotatable bonds is 5. The van der Waals surface area contributed by atoms with Crippen LogP contribution in [0.4, 0.5) is 0 Å². The molecule has 0 aromatic carbocycles. The SMILES string of the molecule is CCNCc1cccnc1Sc1nccs1. The molecule has 0 radical (unpaired) electrons. The van der Waals surface area contributed by atoms with Gasteiger partial charge in [0.1, 0.15) is 5.03 Å². The van der Waals surface area contributed by atoms with Gasteiger partial charge in [-0.3, -0.25) is 0 Å². The first-order valence-corrected chi connectivity index (χ1v) is 6.81. The maximum absolute atomic E-state index is 4.40. The third kappa shape index (κ3) is 3.04. The number of aromatic nitrogens is 2. The summed E-state index contributed by atoms with van der Waals surface area (Å²) in [6.45, 7) is 3.93. The first kappa shape index (κ1) is 11.6. The first-order valence-electron chi connectivity index (χ1n) is 5.12. The Morgan fingerprint density at radius 2 is 2.31 bits per heavy atom. The van der Waals surface area contributed by atoms with Crippen molar-refractivity contribution in [2.75, 3.05) is 6.54 Å². The lowest BCUT2D eigenvalue weighted by atomic mass is 10.3. The van der Waals surface area contributed by atoms with Crippen molar-refractivity contribution < 1.29 is 0 Å². The van der Waals surface area contributed by atoms with Crippen LogP contribution in [0, 0.1) is 0 Å². The van der Waals surface area contributed by atoms with Crippen molar-refractivity contribution in [1.29, 1.82) is 0 Å². The molecule has 2 aromatic rings. The number of pyridine rings is 1. The Bertz CT molecular complexity index is 429. The molecule has 2 heterocycles. The van der Waals surface area contributed by atoms with Crippen LogP contribution in [0.2, 0.25) is 0 Å². The lowest BCUT2D eigenvalue weighted by molar-refractivity contribution is 0.711. The van der Waals surface area contributed by atoms with Gasteiger partial charge in [-0.25, -0.2) is 9.97 Å². The van der Waals surface area contributed by atoms with E-state index in [4.69, 9.17) is 0 Å². The molecule has 0 saturated heterocycles. The summed E-state index contributed by atoms with van der Waals surface area (Å²) >= 11 is 3.27. The maximum atomic E-state index is 4.40. The highest BCUT2D eigenvalue weighted by Gasteiger charge is 2.06. The number of hydrogen-bond donors (Lipinski definition) is 1. The smallest absolute Gasteiger partial charge is 0.156 e. The van der Waals surface area contributed by atoms with Crippen LogP contribution in [0.5, 0.6) is 0 Å². The van der Waals surface area contributed by atoms with Crippen LogP contribution in [0.1, 0.15) is 12.5 Å². The second kappa shape index (κ2) is 5.98. The zero-order valence-electron chi connectivity index (χ0n) is 9.01.